The van der Waals surface area contributed by atoms with E-state index in [0.29, 0.717) is 11.8 Å². The fourth-order valence-electron chi connectivity index (χ4n) is 4.44. The number of amides is 1. The van der Waals surface area contributed by atoms with Gasteiger partial charge in [0, 0.05) is 32.5 Å². The summed E-state index contributed by atoms with van der Waals surface area (Å²) in [7, 11) is 0. The third-order valence-corrected chi connectivity index (χ3v) is 6.20. The average molecular weight is 330 g/mol. The highest BCUT2D eigenvalue weighted by atomic mass is 16.2. The molecule has 5 nitrogen and oxygen atoms in total. The van der Waals surface area contributed by atoms with E-state index in [0.717, 1.165) is 63.0 Å². The number of carbonyl (C=O) groups is 1. The van der Waals surface area contributed by atoms with E-state index >= 15 is 0 Å². The summed E-state index contributed by atoms with van der Waals surface area (Å²) in [6.45, 7) is 2.93. The number of aromatic nitrogens is 3. The SMILES string of the molecule is O=C(CCC1CCCC1)N1CCC(Cc2nncn2CC2CC2)C1. The van der Waals surface area contributed by atoms with Crippen molar-refractivity contribution < 1.29 is 4.79 Å². The van der Waals surface area contributed by atoms with Crippen molar-refractivity contribution in [3.8, 4) is 0 Å². The summed E-state index contributed by atoms with van der Waals surface area (Å²) >= 11 is 0. The number of nitrogens with zero attached hydrogens (tertiary/aromatic N) is 4. The first-order valence-electron chi connectivity index (χ1n) is 9.92. The van der Waals surface area contributed by atoms with Gasteiger partial charge in [0.15, 0.2) is 0 Å². The van der Waals surface area contributed by atoms with Crippen molar-refractivity contribution >= 4 is 5.91 Å². The molecule has 1 atom stereocenters. The second kappa shape index (κ2) is 7.24. The Morgan fingerprint density at radius 2 is 1.92 bits per heavy atom. The molecule has 3 aliphatic rings. The molecule has 2 heterocycles. The van der Waals surface area contributed by atoms with Gasteiger partial charge in [-0.1, -0.05) is 25.7 Å². The van der Waals surface area contributed by atoms with E-state index in [2.05, 4.69) is 19.7 Å². The minimum absolute atomic E-state index is 0.379. The molecule has 0 aromatic carbocycles. The normalized spacial score (nSPS) is 24.8. The first-order chi connectivity index (χ1) is 11.8. The Labute approximate surface area is 144 Å². The molecular formula is C19H30N4O. The fourth-order valence-corrected chi connectivity index (χ4v) is 4.44. The number of hydrogen-bond acceptors (Lipinski definition) is 3. The second-order valence-electron chi connectivity index (χ2n) is 8.23. The fraction of sp³-hybridized carbons (Fsp3) is 0.842. The minimum Gasteiger partial charge on any atom is -0.342 e. The molecule has 1 amide bonds. The predicted octanol–water partition coefficient (Wildman–Crippen LogP) is 3.05. The molecular weight excluding hydrogens is 300 g/mol. The lowest BCUT2D eigenvalue weighted by Gasteiger charge is -2.18. The summed E-state index contributed by atoms with van der Waals surface area (Å²) in [5, 5.41) is 8.43. The van der Waals surface area contributed by atoms with Crippen LogP contribution in [0.2, 0.25) is 0 Å². The van der Waals surface area contributed by atoms with E-state index in [1.807, 2.05) is 6.33 Å². The van der Waals surface area contributed by atoms with Gasteiger partial charge in [-0.15, -0.1) is 10.2 Å². The van der Waals surface area contributed by atoms with E-state index in [9.17, 15) is 4.79 Å². The molecule has 2 saturated carbocycles. The third-order valence-electron chi connectivity index (χ3n) is 6.20. The highest BCUT2D eigenvalue weighted by molar-refractivity contribution is 5.76. The van der Waals surface area contributed by atoms with Crippen LogP contribution in [0.1, 0.15) is 63.6 Å². The zero-order valence-corrected chi connectivity index (χ0v) is 14.7. The van der Waals surface area contributed by atoms with Crippen LogP contribution in [-0.4, -0.2) is 38.7 Å². The van der Waals surface area contributed by atoms with Crippen LogP contribution in [0.15, 0.2) is 6.33 Å². The topological polar surface area (TPSA) is 51.0 Å². The standard InChI is InChI=1S/C19H30N4O/c24-19(8-7-15-3-1-2-4-15)22-10-9-17(13-22)11-18-21-20-14-23(18)12-16-5-6-16/h14-17H,1-13H2. The van der Waals surface area contributed by atoms with Gasteiger partial charge in [-0.05, 0) is 43.4 Å². The predicted molar refractivity (Wildman–Crippen MR) is 92.3 cm³/mol. The molecule has 0 spiro atoms. The lowest BCUT2D eigenvalue weighted by molar-refractivity contribution is -0.130. The molecule has 2 aliphatic carbocycles. The number of hydrogen-bond donors (Lipinski definition) is 0. The Hall–Kier alpha value is -1.39. The van der Waals surface area contributed by atoms with Crippen LogP contribution in [-0.2, 0) is 17.8 Å². The third kappa shape index (κ3) is 3.98. The molecule has 24 heavy (non-hydrogen) atoms. The van der Waals surface area contributed by atoms with Crippen LogP contribution in [0.25, 0.3) is 0 Å². The van der Waals surface area contributed by atoms with Crippen molar-refractivity contribution in [1.82, 2.24) is 19.7 Å². The molecule has 0 bridgehead atoms. The molecule has 0 N–H and O–H groups in total. The highest BCUT2D eigenvalue weighted by Gasteiger charge is 2.29. The lowest BCUT2D eigenvalue weighted by Crippen LogP contribution is -2.29. The Kier molecular flexibility index (Phi) is 4.86. The van der Waals surface area contributed by atoms with Crippen LogP contribution in [0.5, 0.6) is 0 Å². The van der Waals surface area contributed by atoms with E-state index in [4.69, 9.17) is 0 Å². The van der Waals surface area contributed by atoms with Gasteiger partial charge in [0.25, 0.3) is 0 Å². The molecule has 1 unspecified atom stereocenters. The summed E-state index contributed by atoms with van der Waals surface area (Å²) in [6.07, 6.45) is 14.0. The van der Waals surface area contributed by atoms with Gasteiger partial charge in [0.2, 0.25) is 5.91 Å². The highest BCUT2D eigenvalue weighted by Crippen LogP contribution is 2.31. The number of carbonyl (C=O) groups excluding carboxylic acids is 1. The Morgan fingerprint density at radius 3 is 2.71 bits per heavy atom. The largest absolute Gasteiger partial charge is 0.342 e. The van der Waals surface area contributed by atoms with Crippen LogP contribution < -0.4 is 0 Å². The van der Waals surface area contributed by atoms with Gasteiger partial charge in [-0.3, -0.25) is 4.79 Å². The smallest absolute Gasteiger partial charge is 0.222 e. The van der Waals surface area contributed by atoms with Crippen LogP contribution >= 0.6 is 0 Å². The van der Waals surface area contributed by atoms with Gasteiger partial charge < -0.3 is 9.47 Å². The molecule has 1 aliphatic heterocycles. The average Bonchev–Trinajstić information content (AvgIpc) is 3.01. The lowest BCUT2D eigenvalue weighted by atomic mass is 10.0. The van der Waals surface area contributed by atoms with E-state index in [1.165, 1.54) is 38.5 Å². The molecule has 1 aromatic heterocycles. The zero-order chi connectivity index (χ0) is 16.4. The summed E-state index contributed by atoms with van der Waals surface area (Å²) < 4.78 is 2.24. The molecule has 4 rings (SSSR count). The Bertz CT molecular complexity index is 559. The molecule has 1 saturated heterocycles. The van der Waals surface area contributed by atoms with E-state index in [1.54, 1.807) is 0 Å². The zero-order valence-electron chi connectivity index (χ0n) is 14.7. The van der Waals surface area contributed by atoms with Gasteiger partial charge >= 0.3 is 0 Å². The maximum absolute atomic E-state index is 12.5. The first-order valence-corrected chi connectivity index (χ1v) is 9.92. The van der Waals surface area contributed by atoms with Gasteiger partial charge in [-0.25, -0.2) is 0 Å². The summed E-state index contributed by atoms with van der Waals surface area (Å²) in [5.41, 5.74) is 0. The second-order valence-corrected chi connectivity index (χ2v) is 8.23. The van der Waals surface area contributed by atoms with Crippen molar-refractivity contribution in [3.63, 3.8) is 0 Å². The summed E-state index contributed by atoms with van der Waals surface area (Å²) in [5.74, 6) is 3.71. The van der Waals surface area contributed by atoms with E-state index in [-0.39, 0.29) is 0 Å². The summed E-state index contributed by atoms with van der Waals surface area (Å²) in [4.78, 5) is 14.6. The van der Waals surface area contributed by atoms with Crippen molar-refractivity contribution in [2.24, 2.45) is 17.8 Å². The minimum atomic E-state index is 0.379. The van der Waals surface area contributed by atoms with Crippen LogP contribution in [0.4, 0.5) is 0 Å². The van der Waals surface area contributed by atoms with Gasteiger partial charge in [-0.2, -0.15) is 0 Å². The van der Waals surface area contributed by atoms with E-state index < -0.39 is 0 Å². The maximum atomic E-state index is 12.5. The van der Waals surface area contributed by atoms with Gasteiger partial charge in [0.1, 0.15) is 12.2 Å². The summed E-state index contributed by atoms with van der Waals surface area (Å²) in [6, 6.07) is 0. The number of rotatable bonds is 7. The maximum Gasteiger partial charge on any atom is 0.222 e. The molecule has 132 valence electrons. The van der Waals surface area contributed by atoms with Gasteiger partial charge in [0.05, 0.1) is 0 Å². The Balaban J connectivity index is 1.23. The van der Waals surface area contributed by atoms with Crippen molar-refractivity contribution in [1.29, 1.82) is 0 Å². The molecule has 0 radical (unpaired) electrons. The van der Waals surface area contributed by atoms with Crippen LogP contribution in [0.3, 0.4) is 0 Å². The van der Waals surface area contributed by atoms with Crippen molar-refractivity contribution in [3.05, 3.63) is 12.2 Å². The van der Waals surface area contributed by atoms with Crippen LogP contribution in [0, 0.1) is 17.8 Å². The van der Waals surface area contributed by atoms with Crippen molar-refractivity contribution in [2.45, 2.75) is 70.8 Å². The van der Waals surface area contributed by atoms with Crippen molar-refractivity contribution in [2.75, 3.05) is 13.1 Å². The monoisotopic (exact) mass is 330 g/mol. The molecule has 3 fully saturated rings. The Morgan fingerprint density at radius 1 is 1.08 bits per heavy atom. The first kappa shape index (κ1) is 16.1. The quantitative estimate of drug-likeness (QED) is 0.772. The molecule has 1 aromatic rings. The number of likely N-dealkylation sites (tertiary alicyclic amines) is 1. The molecule has 5 heteroatoms.